The lowest BCUT2D eigenvalue weighted by Gasteiger charge is -1.89. The normalized spacial score (nSPS) is 8.61. The van der Waals surface area contributed by atoms with Crippen molar-refractivity contribution >= 4 is 17.5 Å². The van der Waals surface area contributed by atoms with Crippen LogP contribution in [-0.2, 0) is 14.4 Å². The summed E-state index contributed by atoms with van der Waals surface area (Å²) in [6.07, 6.45) is 3.60. The molecule has 0 aliphatic rings. The Morgan fingerprint density at radius 1 is 1.00 bits per heavy atom. The second kappa shape index (κ2) is 15.8. The maximum atomic E-state index is 10.2. The summed E-state index contributed by atoms with van der Waals surface area (Å²) in [6, 6.07) is 0. The summed E-state index contributed by atoms with van der Waals surface area (Å²) in [4.78, 5) is 29.7. The first-order valence-electron chi connectivity index (χ1n) is 6.40. The summed E-state index contributed by atoms with van der Waals surface area (Å²) < 4.78 is 0. The molecule has 0 aromatic carbocycles. The molecule has 0 aliphatic heterocycles. The summed E-state index contributed by atoms with van der Waals surface area (Å²) >= 11 is 0. The quantitative estimate of drug-likeness (QED) is 0.821. The number of carbonyl (C=O) groups is 3. The number of hydrogen-bond acceptors (Lipinski definition) is 3. The summed E-state index contributed by atoms with van der Waals surface area (Å²) in [6.45, 7) is 10.4. The van der Waals surface area contributed by atoms with Gasteiger partial charge < -0.3 is 14.7 Å². The Kier molecular flexibility index (Phi) is 19.4. The maximum absolute atomic E-state index is 10.2. The second-order valence-electron chi connectivity index (χ2n) is 4.35. The van der Waals surface area contributed by atoms with Gasteiger partial charge in [0, 0.05) is 12.8 Å². The molecule has 0 saturated heterocycles. The molecule has 0 heterocycles. The SMILES string of the molecule is CC(C)C(=O)O.CCC(C)=O.CCCCC(C)=O. The van der Waals surface area contributed by atoms with Crippen molar-refractivity contribution in [2.24, 2.45) is 5.92 Å². The lowest BCUT2D eigenvalue weighted by atomic mass is 10.2. The van der Waals surface area contributed by atoms with Gasteiger partial charge in [-0.1, -0.05) is 34.1 Å². The van der Waals surface area contributed by atoms with Crippen LogP contribution in [0, 0.1) is 5.92 Å². The zero-order valence-corrected chi connectivity index (χ0v) is 12.6. The van der Waals surface area contributed by atoms with E-state index in [9.17, 15) is 14.4 Å². The van der Waals surface area contributed by atoms with Crippen LogP contribution in [0.3, 0.4) is 0 Å². The van der Waals surface area contributed by atoms with Crippen LogP contribution >= 0.6 is 0 Å². The third-order valence-corrected chi connectivity index (χ3v) is 1.87. The van der Waals surface area contributed by atoms with E-state index in [4.69, 9.17) is 5.11 Å². The molecule has 0 saturated carbocycles. The van der Waals surface area contributed by atoms with Gasteiger partial charge in [0.1, 0.15) is 11.6 Å². The molecule has 0 unspecified atom stereocenters. The molecule has 1 N–H and O–H groups in total. The highest BCUT2D eigenvalue weighted by Gasteiger charge is 1.99. The van der Waals surface area contributed by atoms with Gasteiger partial charge in [0.05, 0.1) is 5.92 Å². The molecule has 0 radical (unpaired) electrons. The van der Waals surface area contributed by atoms with Crippen LogP contribution in [0.4, 0.5) is 0 Å². The van der Waals surface area contributed by atoms with E-state index in [2.05, 4.69) is 6.92 Å². The standard InChI is InChI=1S/C6H12O.C4H8O2.C4H8O/c1-3-4-5-6(2)7;1-3(2)4(5)6;1-3-4(2)5/h3-5H2,1-2H3;3H,1-2H3,(H,5,6);3H2,1-2H3. The lowest BCUT2D eigenvalue weighted by molar-refractivity contribution is -0.140. The Morgan fingerprint density at radius 3 is 1.39 bits per heavy atom. The van der Waals surface area contributed by atoms with Crippen molar-refractivity contribution < 1.29 is 19.5 Å². The Balaban J connectivity index is -0.000000190. The average molecular weight is 260 g/mol. The number of Topliss-reactive ketones (excluding diaryl/α,β-unsaturated/α-hetero) is 2. The van der Waals surface area contributed by atoms with E-state index >= 15 is 0 Å². The van der Waals surface area contributed by atoms with Gasteiger partial charge in [-0.05, 0) is 20.3 Å². The van der Waals surface area contributed by atoms with Crippen molar-refractivity contribution in [1.82, 2.24) is 0 Å². The van der Waals surface area contributed by atoms with Crippen molar-refractivity contribution in [2.45, 2.75) is 67.2 Å². The summed E-state index contributed by atoms with van der Waals surface area (Å²) in [5, 5.41) is 7.99. The van der Waals surface area contributed by atoms with E-state index in [0.717, 1.165) is 19.3 Å². The Labute approximate surface area is 111 Å². The van der Waals surface area contributed by atoms with Crippen LogP contribution in [0.5, 0.6) is 0 Å². The number of ketones is 2. The van der Waals surface area contributed by atoms with Gasteiger partial charge in [-0.2, -0.15) is 0 Å². The zero-order chi connectivity index (χ0) is 15.1. The lowest BCUT2D eigenvalue weighted by Crippen LogP contribution is -2.03. The van der Waals surface area contributed by atoms with Crippen molar-refractivity contribution in [3.05, 3.63) is 0 Å². The molecule has 0 rings (SSSR count). The minimum absolute atomic E-state index is 0.231. The minimum atomic E-state index is -0.741. The molecule has 0 amide bonds. The van der Waals surface area contributed by atoms with Crippen molar-refractivity contribution in [1.29, 1.82) is 0 Å². The number of carboxylic acids is 1. The third-order valence-electron chi connectivity index (χ3n) is 1.87. The second-order valence-corrected chi connectivity index (χ2v) is 4.35. The fourth-order valence-electron chi connectivity index (χ4n) is 0.426. The molecule has 0 spiro atoms. The molecule has 0 bridgehead atoms. The van der Waals surface area contributed by atoms with Gasteiger partial charge in [0.15, 0.2) is 0 Å². The first-order chi connectivity index (χ1) is 8.18. The topological polar surface area (TPSA) is 71.4 Å². The highest BCUT2D eigenvalue weighted by molar-refractivity contribution is 5.75. The van der Waals surface area contributed by atoms with Crippen molar-refractivity contribution in [3.8, 4) is 0 Å². The van der Waals surface area contributed by atoms with Gasteiger partial charge in [-0.25, -0.2) is 0 Å². The van der Waals surface area contributed by atoms with Crippen molar-refractivity contribution in [3.63, 3.8) is 0 Å². The molecule has 4 heteroatoms. The average Bonchev–Trinajstić information content (AvgIpc) is 2.27. The fourth-order valence-corrected chi connectivity index (χ4v) is 0.426. The molecular formula is C14H28O4. The molecule has 0 aromatic rings. The Bertz CT molecular complexity index is 232. The number of rotatable bonds is 5. The van der Waals surface area contributed by atoms with Gasteiger partial charge in [0.2, 0.25) is 0 Å². The van der Waals surface area contributed by atoms with Crippen LogP contribution in [0.15, 0.2) is 0 Å². The fraction of sp³-hybridized carbons (Fsp3) is 0.786. The van der Waals surface area contributed by atoms with Crippen LogP contribution < -0.4 is 0 Å². The predicted octanol–water partition coefficient (Wildman–Crippen LogP) is 3.48. The third kappa shape index (κ3) is 36.4. The number of unbranched alkanes of at least 4 members (excludes halogenated alkanes) is 1. The van der Waals surface area contributed by atoms with E-state index in [1.54, 1.807) is 27.7 Å². The van der Waals surface area contributed by atoms with Gasteiger partial charge in [-0.3, -0.25) is 4.79 Å². The molecule has 18 heavy (non-hydrogen) atoms. The van der Waals surface area contributed by atoms with E-state index in [-0.39, 0.29) is 11.7 Å². The van der Waals surface area contributed by atoms with Crippen LogP contribution in [0.1, 0.15) is 67.2 Å². The van der Waals surface area contributed by atoms with E-state index in [1.165, 1.54) is 0 Å². The molecular weight excluding hydrogens is 232 g/mol. The summed E-state index contributed by atoms with van der Waals surface area (Å²) in [5.74, 6) is -0.410. The number of carboxylic acid groups (broad SMARTS) is 1. The predicted molar refractivity (Wildman–Crippen MR) is 73.7 cm³/mol. The first-order valence-corrected chi connectivity index (χ1v) is 6.40. The molecule has 0 fully saturated rings. The molecule has 4 nitrogen and oxygen atoms in total. The largest absolute Gasteiger partial charge is 0.481 e. The minimum Gasteiger partial charge on any atom is -0.481 e. The molecule has 0 aromatic heterocycles. The van der Waals surface area contributed by atoms with Gasteiger partial charge in [-0.15, -0.1) is 0 Å². The Morgan fingerprint density at radius 2 is 1.33 bits per heavy atom. The summed E-state index contributed by atoms with van der Waals surface area (Å²) in [5.41, 5.74) is 0. The number of hydrogen-bond donors (Lipinski definition) is 1. The zero-order valence-electron chi connectivity index (χ0n) is 12.6. The molecule has 0 aliphatic carbocycles. The van der Waals surface area contributed by atoms with E-state index in [1.807, 2.05) is 6.92 Å². The van der Waals surface area contributed by atoms with Crippen molar-refractivity contribution in [2.75, 3.05) is 0 Å². The van der Waals surface area contributed by atoms with Crippen LogP contribution in [0.2, 0.25) is 0 Å². The van der Waals surface area contributed by atoms with E-state index in [0.29, 0.717) is 12.2 Å². The monoisotopic (exact) mass is 260 g/mol. The molecule has 108 valence electrons. The number of carbonyl (C=O) groups excluding carboxylic acids is 2. The molecule has 0 atom stereocenters. The van der Waals surface area contributed by atoms with Crippen LogP contribution in [-0.4, -0.2) is 22.6 Å². The van der Waals surface area contributed by atoms with Gasteiger partial charge in [0.25, 0.3) is 0 Å². The van der Waals surface area contributed by atoms with Crippen LogP contribution in [0.25, 0.3) is 0 Å². The maximum Gasteiger partial charge on any atom is 0.305 e. The van der Waals surface area contributed by atoms with E-state index < -0.39 is 5.97 Å². The smallest absolute Gasteiger partial charge is 0.305 e. The highest BCUT2D eigenvalue weighted by Crippen LogP contribution is 1.92. The Hall–Kier alpha value is -1.19. The van der Waals surface area contributed by atoms with Gasteiger partial charge >= 0.3 is 5.97 Å². The number of aliphatic carboxylic acids is 1. The summed E-state index contributed by atoms with van der Waals surface area (Å²) in [7, 11) is 0. The first kappa shape index (κ1) is 22.0. The highest BCUT2D eigenvalue weighted by atomic mass is 16.4.